The van der Waals surface area contributed by atoms with Gasteiger partial charge >= 0.3 is 6.03 Å². The van der Waals surface area contributed by atoms with Crippen LogP contribution >= 0.6 is 0 Å². The van der Waals surface area contributed by atoms with Crippen LogP contribution in [0, 0.1) is 5.92 Å². The third-order valence-corrected chi connectivity index (χ3v) is 5.58. The Morgan fingerprint density at radius 3 is 2.83 bits per heavy atom. The van der Waals surface area contributed by atoms with Gasteiger partial charge in [0, 0.05) is 45.5 Å². The van der Waals surface area contributed by atoms with Crippen LogP contribution in [0.5, 0.6) is 0 Å². The zero-order valence-corrected chi connectivity index (χ0v) is 13.8. The maximum atomic E-state index is 12.2. The third kappa shape index (κ3) is 3.22. The van der Waals surface area contributed by atoms with Crippen molar-refractivity contribution in [3.8, 4) is 0 Å². The van der Waals surface area contributed by atoms with Gasteiger partial charge < -0.3 is 10.2 Å². The second-order valence-corrected chi connectivity index (χ2v) is 7.29. The molecule has 1 saturated heterocycles. The van der Waals surface area contributed by atoms with E-state index in [0.29, 0.717) is 6.54 Å². The molecule has 1 N–H and O–H groups in total. The summed E-state index contributed by atoms with van der Waals surface area (Å²) in [5.41, 5.74) is 1.27. The Labute approximate surface area is 137 Å². The molecular weight excluding hydrogens is 290 g/mol. The van der Waals surface area contributed by atoms with Crippen molar-refractivity contribution in [2.24, 2.45) is 5.92 Å². The van der Waals surface area contributed by atoms with Crippen molar-refractivity contribution in [3.05, 3.63) is 18.0 Å². The first-order chi connectivity index (χ1) is 11.3. The summed E-state index contributed by atoms with van der Waals surface area (Å²) in [6.45, 7) is 5.65. The molecule has 1 aliphatic carbocycles. The molecule has 4 rings (SSSR count). The van der Waals surface area contributed by atoms with E-state index >= 15 is 0 Å². The summed E-state index contributed by atoms with van der Waals surface area (Å²) in [6, 6.07) is 2.45. The first-order valence-electron chi connectivity index (χ1n) is 9.07. The van der Waals surface area contributed by atoms with E-state index in [0.717, 1.165) is 44.9 Å². The molecule has 0 unspecified atom stereocenters. The minimum absolute atomic E-state index is 0.0901. The molecule has 0 spiro atoms. The minimum atomic E-state index is 0.0901. The molecule has 0 aromatic carbocycles. The topological polar surface area (TPSA) is 53.4 Å². The predicted molar refractivity (Wildman–Crippen MR) is 88.1 cm³/mol. The number of hydrogen-bond donors (Lipinski definition) is 1. The number of amides is 2. The van der Waals surface area contributed by atoms with E-state index in [9.17, 15) is 4.79 Å². The van der Waals surface area contributed by atoms with Gasteiger partial charge in [-0.2, -0.15) is 5.10 Å². The Kier molecular flexibility index (Phi) is 4.25. The van der Waals surface area contributed by atoms with Gasteiger partial charge in [0.05, 0.1) is 11.7 Å². The van der Waals surface area contributed by atoms with Crippen LogP contribution in [-0.2, 0) is 6.54 Å². The van der Waals surface area contributed by atoms with Crippen molar-refractivity contribution >= 4 is 6.03 Å². The first kappa shape index (κ1) is 15.0. The number of hydrogen-bond acceptors (Lipinski definition) is 3. The first-order valence-corrected chi connectivity index (χ1v) is 9.07. The fourth-order valence-electron chi connectivity index (χ4n) is 4.03. The number of rotatable bonds is 4. The number of carbonyl (C=O) groups is 1. The lowest BCUT2D eigenvalue weighted by Gasteiger charge is -2.38. The molecule has 6 nitrogen and oxygen atoms in total. The van der Waals surface area contributed by atoms with Crippen LogP contribution in [0.1, 0.15) is 43.8 Å². The van der Waals surface area contributed by atoms with Crippen LogP contribution in [0.4, 0.5) is 4.79 Å². The molecule has 0 radical (unpaired) electrons. The zero-order valence-electron chi connectivity index (χ0n) is 13.8. The number of urea groups is 1. The molecule has 1 aromatic heterocycles. The zero-order chi connectivity index (χ0) is 15.6. The highest BCUT2D eigenvalue weighted by Crippen LogP contribution is 2.29. The van der Waals surface area contributed by atoms with Gasteiger partial charge in [-0.25, -0.2) is 4.79 Å². The van der Waals surface area contributed by atoms with Gasteiger partial charge in [0.25, 0.3) is 0 Å². The Hall–Kier alpha value is -1.56. The quantitative estimate of drug-likeness (QED) is 0.922. The molecular formula is C17H27N5O. The van der Waals surface area contributed by atoms with Gasteiger partial charge in [-0.05, 0) is 37.7 Å². The standard InChI is InChI=1S/C17H27N5O/c23-17(21-8-1-2-9-21)18-10-16-13-20(11-14-4-3-5-14)12-15-6-7-19-22(15)16/h6-7,14,16H,1-5,8-13H2,(H,18,23)/t16-/m1/s1. The predicted octanol–water partition coefficient (Wildman–Crippen LogP) is 1.85. The maximum absolute atomic E-state index is 12.2. The van der Waals surface area contributed by atoms with Crippen molar-refractivity contribution in [1.29, 1.82) is 0 Å². The van der Waals surface area contributed by atoms with E-state index in [1.807, 2.05) is 11.1 Å². The van der Waals surface area contributed by atoms with Crippen molar-refractivity contribution in [3.63, 3.8) is 0 Å². The average molecular weight is 317 g/mol. The van der Waals surface area contributed by atoms with Gasteiger partial charge in [-0.1, -0.05) is 6.42 Å². The summed E-state index contributed by atoms with van der Waals surface area (Å²) < 4.78 is 2.11. The van der Waals surface area contributed by atoms with E-state index in [4.69, 9.17) is 0 Å². The van der Waals surface area contributed by atoms with Crippen LogP contribution in [0.15, 0.2) is 12.3 Å². The van der Waals surface area contributed by atoms with Crippen LogP contribution in [0.2, 0.25) is 0 Å². The van der Waals surface area contributed by atoms with Crippen molar-refractivity contribution < 1.29 is 4.79 Å². The highest BCUT2D eigenvalue weighted by Gasteiger charge is 2.29. The second kappa shape index (κ2) is 6.51. The summed E-state index contributed by atoms with van der Waals surface area (Å²) in [6.07, 6.45) is 8.31. The smallest absolute Gasteiger partial charge is 0.317 e. The molecule has 23 heavy (non-hydrogen) atoms. The van der Waals surface area contributed by atoms with Crippen LogP contribution in [-0.4, -0.2) is 58.3 Å². The lowest BCUT2D eigenvalue weighted by molar-refractivity contribution is 0.122. The fraction of sp³-hybridized carbons (Fsp3) is 0.765. The van der Waals surface area contributed by atoms with E-state index in [1.165, 1.54) is 31.5 Å². The SMILES string of the molecule is O=C(NC[C@@H]1CN(CC2CCC2)Cc2ccnn21)N1CCCC1. The molecule has 3 heterocycles. The number of carbonyl (C=O) groups excluding carboxylic acids is 1. The third-order valence-electron chi connectivity index (χ3n) is 5.58. The van der Waals surface area contributed by atoms with E-state index in [1.54, 1.807) is 0 Å². The molecule has 1 atom stereocenters. The summed E-state index contributed by atoms with van der Waals surface area (Å²) >= 11 is 0. The largest absolute Gasteiger partial charge is 0.336 e. The van der Waals surface area contributed by atoms with Gasteiger partial charge in [0.1, 0.15) is 0 Å². The highest BCUT2D eigenvalue weighted by atomic mass is 16.2. The molecule has 0 bridgehead atoms. The van der Waals surface area contributed by atoms with Crippen LogP contribution in [0.3, 0.4) is 0 Å². The van der Waals surface area contributed by atoms with Crippen molar-refractivity contribution in [2.45, 2.75) is 44.7 Å². The van der Waals surface area contributed by atoms with Crippen molar-refractivity contribution in [2.75, 3.05) is 32.7 Å². The van der Waals surface area contributed by atoms with Gasteiger partial charge in [-0.15, -0.1) is 0 Å². The number of fused-ring (bicyclic) bond motifs is 1. The lowest BCUT2D eigenvalue weighted by atomic mass is 9.85. The number of likely N-dealkylation sites (tertiary alicyclic amines) is 1. The maximum Gasteiger partial charge on any atom is 0.317 e. The van der Waals surface area contributed by atoms with E-state index in [2.05, 4.69) is 26.1 Å². The molecule has 1 saturated carbocycles. The summed E-state index contributed by atoms with van der Waals surface area (Å²) in [5.74, 6) is 0.879. The second-order valence-electron chi connectivity index (χ2n) is 7.29. The molecule has 2 amide bonds. The van der Waals surface area contributed by atoms with Gasteiger partial charge in [0.2, 0.25) is 0 Å². The molecule has 3 aliphatic rings. The molecule has 2 aliphatic heterocycles. The molecule has 2 fully saturated rings. The average Bonchev–Trinajstić information content (AvgIpc) is 3.18. The summed E-state index contributed by atoms with van der Waals surface area (Å²) in [5, 5.41) is 7.61. The van der Waals surface area contributed by atoms with Crippen molar-refractivity contribution in [1.82, 2.24) is 24.9 Å². The summed E-state index contributed by atoms with van der Waals surface area (Å²) in [4.78, 5) is 16.7. The van der Waals surface area contributed by atoms with Gasteiger partial charge in [-0.3, -0.25) is 9.58 Å². The lowest BCUT2D eigenvalue weighted by Crippen LogP contribution is -2.47. The molecule has 1 aromatic rings. The fourth-order valence-corrected chi connectivity index (χ4v) is 4.03. The minimum Gasteiger partial charge on any atom is -0.336 e. The Morgan fingerprint density at radius 2 is 2.09 bits per heavy atom. The monoisotopic (exact) mass is 317 g/mol. The number of nitrogens with zero attached hydrogens (tertiary/aromatic N) is 4. The van der Waals surface area contributed by atoms with Crippen LogP contribution < -0.4 is 5.32 Å². The van der Waals surface area contributed by atoms with Crippen LogP contribution in [0.25, 0.3) is 0 Å². The Balaban J connectivity index is 1.36. The Morgan fingerprint density at radius 1 is 1.26 bits per heavy atom. The molecule has 6 heteroatoms. The molecule has 126 valence electrons. The summed E-state index contributed by atoms with van der Waals surface area (Å²) in [7, 11) is 0. The van der Waals surface area contributed by atoms with E-state index < -0.39 is 0 Å². The highest BCUT2D eigenvalue weighted by molar-refractivity contribution is 5.74. The van der Waals surface area contributed by atoms with E-state index in [-0.39, 0.29) is 12.1 Å². The van der Waals surface area contributed by atoms with Gasteiger partial charge in [0.15, 0.2) is 0 Å². The number of nitrogens with one attached hydrogen (secondary N) is 1. The number of aromatic nitrogens is 2. The Bertz CT molecular complexity index is 547. The normalized spacial score (nSPS) is 25.2.